The molecule has 1 amide bonds. The normalized spacial score (nSPS) is 18.5. The molecule has 0 radical (unpaired) electrons. The van der Waals surface area contributed by atoms with Crippen molar-refractivity contribution in [2.75, 3.05) is 7.05 Å². The van der Waals surface area contributed by atoms with Crippen LogP contribution in [0, 0.1) is 0 Å². The molecule has 0 saturated carbocycles. The summed E-state index contributed by atoms with van der Waals surface area (Å²) in [5.41, 5.74) is -2.03. The zero-order valence-corrected chi connectivity index (χ0v) is 9.27. The van der Waals surface area contributed by atoms with Gasteiger partial charge in [-0.2, -0.15) is 0 Å². The van der Waals surface area contributed by atoms with Gasteiger partial charge in [-0.1, -0.05) is 0 Å². The molecule has 1 rings (SSSR count). The van der Waals surface area contributed by atoms with Gasteiger partial charge in [0.25, 0.3) is 0 Å². The minimum Gasteiger partial charge on any atom is -1.00 e. The van der Waals surface area contributed by atoms with Gasteiger partial charge in [0, 0.05) is 7.05 Å². The Morgan fingerprint density at radius 2 is 1.85 bits per heavy atom. The van der Waals surface area contributed by atoms with Gasteiger partial charge in [0.05, 0.1) is 6.42 Å². The molecule has 0 spiro atoms. The molecule has 13 heavy (non-hydrogen) atoms. The van der Waals surface area contributed by atoms with Crippen molar-refractivity contribution in [3.63, 3.8) is 0 Å². The number of amides is 1. The fourth-order valence-corrected chi connectivity index (χ4v) is 1.11. The molecule has 1 saturated heterocycles. The molecule has 0 aliphatic carbocycles. The Morgan fingerprint density at radius 3 is 1.92 bits per heavy atom. The first-order valence-electron chi connectivity index (χ1n) is 3.16. The van der Waals surface area contributed by atoms with E-state index in [-0.39, 0.29) is 31.0 Å². The van der Waals surface area contributed by atoms with Gasteiger partial charge in [-0.15, -0.1) is 0 Å². The molecule has 0 aromatic heterocycles. The molecular formula is C6H8NNaO5. The van der Waals surface area contributed by atoms with Crippen LogP contribution in [-0.2, 0) is 14.4 Å². The van der Waals surface area contributed by atoms with Crippen molar-refractivity contribution in [3.05, 3.63) is 0 Å². The Hall–Kier alpha value is -0.590. The van der Waals surface area contributed by atoms with Crippen molar-refractivity contribution in [1.29, 1.82) is 0 Å². The van der Waals surface area contributed by atoms with Crippen molar-refractivity contribution < 1.29 is 55.6 Å². The topological polar surface area (TPSA) is 94.9 Å². The number of hydrogen-bond acceptors (Lipinski definition) is 3. The number of carboxylic acids is 2. The Balaban J connectivity index is 0. The van der Waals surface area contributed by atoms with Crippen LogP contribution in [0.1, 0.15) is 7.85 Å². The van der Waals surface area contributed by atoms with Gasteiger partial charge < -0.3 is 16.5 Å². The fourth-order valence-electron chi connectivity index (χ4n) is 1.11. The third kappa shape index (κ3) is 1.45. The van der Waals surface area contributed by atoms with Crippen LogP contribution < -0.4 is 29.6 Å². The first-order chi connectivity index (χ1) is 5.43. The van der Waals surface area contributed by atoms with Crippen LogP contribution in [0.15, 0.2) is 0 Å². The van der Waals surface area contributed by atoms with Gasteiger partial charge >= 0.3 is 41.5 Å². The van der Waals surface area contributed by atoms with E-state index in [4.69, 9.17) is 10.2 Å². The standard InChI is InChI=1S/C6H7NO5.Na.H/c1-7-3(8)2-6(7,4(9)10)5(11)12;;/h2H2,1H3,(H,9,10)(H,11,12);;/q;+1;-1. The number of hydrogen-bond donors (Lipinski definition) is 2. The molecule has 2 N–H and O–H groups in total. The number of carbonyl (C=O) groups excluding carboxylic acids is 1. The molecule has 1 heterocycles. The van der Waals surface area contributed by atoms with E-state index >= 15 is 0 Å². The second kappa shape index (κ2) is 3.65. The summed E-state index contributed by atoms with van der Waals surface area (Å²) in [7, 11) is 1.16. The minimum absolute atomic E-state index is 0. The number of β-lactam (4-membered cyclic amide) rings is 1. The number of likely N-dealkylation sites (tertiary alicyclic amines) is 1. The predicted octanol–water partition coefficient (Wildman–Crippen LogP) is -4.13. The molecule has 1 fully saturated rings. The molecule has 0 aromatic carbocycles. The van der Waals surface area contributed by atoms with Crippen LogP contribution in [0.2, 0.25) is 0 Å². The van der Waals surface area contributed by atoms with E-state index in [1.165, 1.54) is 0 Å². The molecule has 1 aliphatic heterocycles. The van der Waals surface area contributed by atoms with Gasteiger partial charge in [0.15, 0.2) is 0 Å². The number of nitrogens with zero attached hydrogens (tertiary/aromatic N) is 1. The maximum absolute atomic E-state index is 10.7. The second-order valence-electron chi connectivity index (χ2n) is 2.60. The third-order valence-electron chi connectivity index (χ3n) is 2.06. The largest absolute Gasteiger partial charge is 1.00 e. The third-order valence-corrected chi connectivity index (χ3v) is 2.06. The second-order valence-corrected chi connectivity index (χ2v) is 2.60. The molecular weight excluding hydrogens is 189 g/mol. The van der Waals surface area contributed by atoms with E-state index in [2.05, 4.69) is 0 Å². The maximum Gasteiger partial charge on any atom is 1.00 e. The zero-order chi connectivity index (χ0) is 9.52. The summed E-state index contributed by atoms with van der Waals surface area (Å²) in [5.74, 6) is -3.48. The molecule has 68 valence electrons. The number of likely N-dealkylation sites (N-methyl/N-ethyl adjacent to an activating group) is 1. The smallest absolute Gasteiger partial charge is 1.00 e. The summed E-state index contributed by atoms with van der Waals surface area (Å²) in [6, 6.07) is 0. The summed E-state index contributed by atoms with van der Waals surface area (Å²) in [6.45, 7) is 0. The molecule has 0 unspecified atom stereocenters. The summed E-state index contributed by atoms with van der Waals surface area (Å²) in [4.78, 5) is 32.4. The fraction of sp³-hybridized carbons (Fsp3) is 0.500. The van der Waals surface area contributed by atoms with Crippen LogP contribution in [-0.4, -0.2) is 45.5 Å². The molecule has 0 aromatic rings. The van der Waals surface area contributed by atoms with E-state index in [1.807, 2.05) is 0 Å². The molecule has 0 atom stereocenters. The van der Waals surface area contributed by atoms with Crippen LogP contribution >= 0.6 is 0 Å². The quantitative estimate of drug-likeness (QED) is 0.266. The zero-order valence-electron chi connectivity index (χ0n) is 8.27. The van der Waals surface area contributed by atoms with Gasteiger partial charge in [0.1, 0.15) is 0 Å². The Morgan fingerprint density at radius 1 is 1.46 bits per heavy atom. The maximum atomic E-state index is 10.7. The number of aliphatic carboxylic acids is 2. The van der Waals surface area contributed by atoms with Crippen LogP contribution in [0.4, 0.5) is 0 Å². The summed E-state index contributed by atoms with van der Waals surface area (Å²) in [6.07, 6.45) is -0.464. The van der Waals surface area contributed by atoms with E-state index in [0.717, 1.165) is 11.9 Å². The van der Waals surface area contributed by atoms with Crippen LogP contribution in [0.3, 0.4) is 0 Å². The molecule has 1 aliphatic rings. The van der Waals surface area contributed by atoms with Gasteiger partial charge in [0.2, 0.25) is 11.4 Å². The number of carboxylic acid groups (broad SMARTS) is 2. The van der Waals surface area contributed by atoms with Crippen molar-refractivity contribution >= 4 is 17.8 Å². The van der Waals surface area contributed by atoms with Crippen molar-refractivity contribution in [2.45, 2.75) is 12.0 Å². The Bertz CT molecular complexity index is 267. The first kappa shape index (κ1) is 12.4. The van der Waals surface area contributed by atoms with Crippen molar-refractivity contribution in [3.8, 4) is 0 Å². The monoisotopic (exact) mass is 197 g/mol. The Labute approximate surface area is 97.3 Å². The van der Waals surface area contributed by atoms with E-state index in [1.54, 1.807) is 0 Å². The van der Waals surface area contributed by atoms with Gasteiger partial charge in [-0.25, -0.2) is 9.59 Å². The van der Waals surface area contributed by atoms with Crippen LogP contribution in [0.5, 0.6) is 0 Å². The average Bonchev–Trinajstić information content (AvgIpc) is 1.97. The van der Waals surface area contributed by atoms with Crippen molar-refractivity contribution in [1.82, 2.24) is 4.90 Å². The van der Waals surface area contributed by atoms with Crippen molar-refractivity contribution in [2.24, 2.45) is 0 Å². The number of rotatable bonds is 2. The SMILES string of the molecule is CN1C(=O)CC1(C(=O)O)C(=O)O.[H-].[Na+]. The Kier molecular flexibility index (Phi) is 3.48. The van der Waals surface area contributed by atoms with Gasteiger partial charge in [-0.3, -0.25) is 4.79 Å². The number of carbonyl (C=O) groups is 3. The van der Waals surface area contributed by atoms with Crippen LogP contribution in [0.25, 0.3) is 0 Å². The molecule has 7 heteroatoms. The average molecular weight is 197 g/mol. The summed E-state index contributed by atoms with van der Waals surface area (Å²) >= 11 is 0. The van der Waals surface area contributed by atoms with E-state index < -0.39 is 29.8 Å². The predicted molar refractivity (Wildman–Crippen MR) is 36.5 cm³/mol. The molecule has 6 nitrogen and oxygen atoms in total. The van der Waals surface area contributed by atoms with Gasteiger partial charge in [-0.05, 0) is 0 Å². The van der Waals surface area contributed by atoms with E-state index in [0.29, 0.717) is 0 Å². The summed E-state index contributed by atoms with van der Waals surface area (Å²) < 4.78 is 0. The summed E-state index contributed by atoms with van der Waals surface area (Å²) in [5, 5.41) is 17.1. The molecule has 0 bridgehead atoms. The van der Waals surface area contributed by atoms with E-state index in [9.17, 15) is 14.4 Å². The first-order valence-corrected chi connectivity index (χ1v) is 3.16. The minimum atomic E-state index is -2.03.